The number of nitrogens with one attached hydrogen (secondary N) is 1. The number of fused-ring (bicyclic) bond motifs is 4. The first-order chi connectivity index (χ1) is 32.5. The van der Waals surface area contributed by atoms with E-state index in [0.29, 0.717) is 37.8 Å². The number of hydrogen-bond acceptors (Lipinski definition) is 11. The maximum absolute atomic E-state index is 12.7. The van der Waals surface area contributed by atoms with Crippen LogP contribution in [-0.2, 0) is 36.8 Å². The molecular formula is C46H41Cl4IK2N8O7S2. The predicted octanol–water partition coefficient (Wildman–Crippen LogP) is 4.83. The van der Waals surface area contributed by atoms with E-state index < -0.39 is 20.0 Å². The van der Waals surface area contributed by atoms with Gasteiger partial charge in [-0.25, -0.2) is 44.7 Å². The summed E-state index contributed by atoms with van der Waals surface area (Å²) < 4.78 is 54.8. The van der Waals surface area contributed by atoms with Gasteiger partial charge in [0.15, 0.2) is 11.3 Å². The van der Waals surface area contributed by atoms with Crippen molar-refractivity contribution in [2.75, 3.05) is 4.93 Å². The molecule has 0 fully saturated rings. The normalized spacial score (nSPS) is 10.6. The van der Waals surface area contributed by atoms with Crippen molar-refractivity contribution in [3.8, 4) is 0 Å². The van der Waals surface area contributed by atoms with Gasteiger partial charge in [-0.1, -0.05) is 105 Å². The van der Waals surface area contributed by atoms with Crippen molar-refractivity contribution in [2.24, 2.45) is 7.05 Å². The van der Waals surface area contributed by atoms with Gasteiger partial charge >= 0.3 is 103 Å². The van der Waals surface area contributed by atoms with Gasteiger partial charge in [0.2, 0.25) is 0 Å². The summed E-state index contributed by atoms with van der Waals surface area (Å²) in [5.41, 5.74) is 5.31. The summed E-state index contributed by atoms with van der Waals surface area (Å²) in [5, 5.41) is 14.2. The number of carbonyl (C=O) groups excluding carboxylic acids is 1. The van der Waals surface area contributed by atoms with E-state index in [9.17, 15) is 16.8 Å². The minimum atomic E-state index is -3.67. The van der Waals surface area contributed by atoms with Crippen molar-refractivity contribution in [3.63, 3.8) is 0 Å². The minimum Gasteiger partial charge on any atom is -1.00 e. The standard InChI is InChI=1S/C14H11ClN2O2S.C13H9ClN2O2S.C9H9ClN2.C8H7ClN2.CH3I.CH2O3.2K.H/c1-10-9-12-13(15)7-8-16-14(12)17(10)20(18,19)11-5-3-2-4-6-11;14-12-6-8-15-13-11(12)7-9-16(13)19(17,18)10-4-2-1-3-5-10;1-6-5-7-8(10)3-4-11-9(7)12(6)2;1-5-4-6-7(9)2-3-10-8(6)11-5;1-2;2-1-4-3;;;/h2-9H,1H3;1-9H;3-5H,1-2H3;2-4H,1H3,(H,10,11);1H3;1,3H;;;/q;;;;;;2*+1;-1/p-1. The second-order valence-electron chi connectivity index (χ2n) is 13.9. The fourth-order valence-electron chi connectivity index (χ4n) is 6.49. The van der Waals surface area contributed by atoms with Gasteiger partial charge in [0.25, 0.3) is 26.5 Å². The average Bonchev–Trinajstić information content (AvgIpc) is 4.13. The zero-order valence-corrected chi connectivity index (χ0v) is 51.6. The van der Waals surface area contributed by atoms with E-state index in [1.54, 1.807) is 110 Å². The van der Waals surface area contributed by atoms with Gasteiger partial charge in [-0.3, -0.25) is 4.79 Å². The number of carbonyl (C=O) groups is 1. The molecule has 70 heavy (non-hydrogen) atoms. The summed E-state index contributed by atoms with van der Waals surface area (Å²) in [6, 6.07) is 30.8. The first kappa shape index (κ1) is 62.0. The topological polar surface area (TPSA) is 200 Å². The van der Waals surface area contributed by atoms with Crippen LogP contribution in [0.4, 0.5) is 0 Å². The van der Waals surface area contributed by atoms with E-state index in [1.807, 2.05) is 48.6 Å². The van der Waals surface area contributed by atoms with Gasteiger partial charge in [0.1, 0.15) is 11.3 Å². The SMILES string of the molecule is CI.Cc1cc2c(Cl)ccnc2[nH]1.Cc1cc2c(Cl)ccnc2n1C.Cc1cc2c(Cl)ccnc2n1S(=O)(=O)c1ccccc1.O=CO[O-].O=S(=O)(c1ccccc1)n1ccc2c(Cl)ccnc21.[H-].[K+].[K+]. The third kappa shape index (κ3) is 14.9. The minimum absolute atomic E-state index is 0. The van der Waals surface area contributed by atoms with Crippen molar-refractivity contribution in [1.82, 2.24) is 37.4 Å². The number of H-pyrrole nitrogens is 1. The van der Waals surface area contributed by atoms with Gasteiger partial charge in [-0.05, 0) is 98.5 Å². The Labute approximate surface area is 524 Å². The Hall–Kier alpha value is -2.31. The maximum Gasteiger partial charge on any atom is 1.00 e. The molecule has 356 valence electrons. The molecule has 0 amide bonds. The number of halogens is 5. The number of aromatic amines is 1. The van der Waals surface area contributed by atoms with Crippen molar-refractivity contribution >= 4 is 140 Å². The number of aryl methyl sites for hydroxylation is 4. The number of nitrogens with zero attached hydrogens (tertiary/aromatic N) is 7. The summed E-state index contributed by atoms with van der Waals surface area (Å²) in [5.74, 6) is 0. The summed E-state index contributed by atoms with van der Waals surface area (Å²) in [6.45, 7) is 5.56. The van der Waals surface area contributed by atoms with Gasteiger partial charge < -0.3 is 21.1 Å². The van der Waals surface area contributed by atoms with E-state index in [2.05, 4.69) is 52.4 Å². The van der Waals surface area contributed by atoms with E-state index in [4.69, 9.17) is 56.5 Å². The van der Waals surface area contributed by atoms with E-state index >= 15 is 0 Å². The fourth-order valence-corrected chi connectivity index (χ4v) is 10.1. The number of pyridine rings is 4. The van der Waals surface area contributed by atoms with Crippen LogP contribution in [0.5, 0.6) is 0 Å². The Bertz CT molecular complexity index is 3560. The number of rotatable bonds is 5. The molecule has 0 radical (unpaired) electrons. The number of benzene rings is 2. The Balaban J connectivity index is 0.000000316. The Morgan fingerprint density at radius 1 is 0.600 bits per heavy atom. The Morgan fingerprint density at radius 2 is 1.03 bits per heavy atom. The van der Waals surface area contributed by atoms with Crippen LogP contribution in [0.3, 0.4) is 0 Å². The molecule has 0 saturated carbocycles. The zero-order valence-electron chi connectivity index (χ0n) is 39.6. The summed E-state index contributed by atoms with van der Waals surface area (Å²) in [4.78, 5) is 33.4. The molecule has 0 bridgehead atoms. The largest absolute Gasteiger partial charge is 1.00 e. The number of aromatic nitrogens is 8. The number of hydrogen-bond donors (Lipinski definition) is 1. The smallest absolute Gasteiger partial charge is 1.00 e. The molecule has 0 aliphatic carbocycles. The Morgan fingerprint density at radius 3 is 1.53 bits per heavy atom. The predicted molar refractivity (Wildman–Crippen MR) is 277 cm³/mol. The molecule has 0 aliphatic rings. The van der Waals surface area contributed by atoms with Crippen LogP contribution in [0, 0.1) is 20.8 Å². The molecule has 0 atom stereocenters. The third-order valence-electron chi connectivity index (χ3n) is 9.63. The molecule has 2 aromatic carbocycles. The van der Waals surface area contributed by atoms with E-state index in [1.165, 1.54) is 28.3 Å². The molecule has 1 N–H and O–H groups in total. The van der Waals surface area contributed by atoms with E-state index in [0.717, 1.165) is 41.8 Å². The van der Waals surface area contributed by atoms with Crippen LogP contribution in [-0.4, -0.2) is 65.7 Å². The van der Waals surface area contributed by atoms with Crippen molar-refractivity contribution < 1.29 is 136 Å². The average molecular weight is 1230 g/mol. The van der Waals surface area contributed by atoms with Crippen LogP contribution in [0.1, 0.15) is 18.5 Å². The zero-order chi connectivity index (χ0) is 49.8. The van der Waals surface area contributed by atoms with Gasteiger partial charge in [0, 0.05) is 76.7 Å². The van der Waals surface area contributed by atoms with Gasteiger partial charge in [0.05, 0.1) is 29.9 Å². The van der Waals surface area contributed by atoms with Gasteiger partial charge in [-0.2, -0.15) is 0 Å². The first-order valence-electron chi connectivity index (χ1n) is 19.6. The third-order valence-corrected chi connectivity index (χ3v) is 14.4. The first-order valence-corrected chi connectivity index (χ1v) is 26.2. The molecular weight excluding hydrogens is 1190 g/mol. The summed E-state index contributed by atoms with van der Waals surface area (Å²) >= 11 is 26.2. The number of alkyl halides is 1. The second kappa shape index (κ2) is 29.0. The van der Waals surface area contributed by atoms with Crippen LogP contribution in [0.25, 0.3) is 44.1 Å². The van der Waals surface area contributed by atoms with Crippen molar-refractivity contribution in [1.29, 1.82) is 0 Å². The molecule has 24 heteroatoms. The second-order valence-corrected chi connectivity index (χ2v) is 19.2. The molecule has 8 aromatic heterocycles. The molecule has 0 aliphatic heterocycles. The molecule has 8 heterocycles. The van der Waals surface area contributed by atoms with Crippen molar-refractivity contribution in [3.05, 3.63) is 177 Å². The molecule has 10 aromatic rings. The molecule has 0 saturated heterocycles. The quantitative estimate of drug-likeness (QED) is 0.0619. The molecule has 0 spiro atoms. The Kier molecular flexibility index (Phi) is 25.6. The van der Waals surface area contributed by atoms with Gasteiger partial charge in [-0.15, -0.1) is 0 Å². The maximum atomic E-state index is 12.7. The van der Waals surface area contributed by atoms with Crippen LogP contribution >= 0.6 is 69.0 Å². The molecule has 15 nitrogen and oxygen atoms in total. The fraction of sp³-hybridized carbons (Fsp3) is 0.109. The van der Waals surface area contributed by atoms with Crippen molar-refractivity contribution in [2.45, 2.75) is 30.6 Å². The van der Waals surface area contributed by atoms with Crippen LogP contribution < -0.4 is 108 Å². The monoisotopic (exact) mass is 1230 g/mol. The van der Waals surface area contributed by atoms with Crippen LogP contribution in [0.2, 0.25) is 20.1 Å². The van der Waals surface area contributed by atoms with E-state index in [-0.39, 0.29) is 120 Å². The van der Waals surface area contributed by atoms with Crippen LogP contribution in [0.15, 0.2) is 150 Å². The molecule has 0 unspecified atom stereocenters. The molecule has 10 rings (SSSR count). The summed E-state index contributed by atoms with van der Waals surface area (Å²) in [6.07, 6.45) is 7.87. The summed E-state index contributed by atoms with van der Waals surface area (Å²) in [7, 11) is -5.33.